The molecule has 1 aromatic rings. The lowest BCUT2D eigenvalue weighted by atomic mass is 10.0. The Morgan fingerprint density at radius 3 is 2.29 bits per heavy atom. The first kappa shape index (κ1) is 16.0. The molecule has 0 saturated carbocycles. The third-order valence-electron chi connectivity index (χ3n) is 3.43. The second-order valence-electron chi connectivity index (χ2n) is 4.88. The monoisotopic (exact) mass is 332 g/mol. The number of nitrogens with one attached hydrogen (secondary N) is 1. The van der Waals surface area contributed by atoms with Gasteiger partial charge in [0.15, 0.2) is 4.84 Å². The number of hydrogen-bond acceptors (Lipinski definition) is 2. The van der Waals surface area contributed by atoms with Gasteiger partial charge in [-0.1, -0.05) is 23.2 Å². The van der Waals surface area contributed by atoms with E-state index in [-0.39, 0.29) is 23.7 Å². The summed E-state index contributed by atoms with van der Waals surface area (Å²) in [7, 11) is 0. The molecule has 0 aliphatic carbocycles. The molecule has 0 bridgehead atoms. The second-order valence-corrected chi connectivity index (χ2v) is 5.98. The summed E-state index contributed by atoms with van der Waals surface area (Å²) in [6.45, 7) is 1.01. The van der Waals surface area contributed by atoms with Gasteiger partial charge in [0.1, 0.15) is 5.82 Å². The number of likely N-dealkylation sites (tertiary alicyclic amines) is 1. The van der Waals surface area contributed by atoms with Crippen LogP contribution in [0, 0.1) is 5.82 Å². The minimum absolute atomic E-state index is 0.0179. The maximum absolute atomic E-state index is 12.8. The highest BCUT2D eigenvalue weighted by molar-refractivity contribution is 6.53. The summed E-state index contributed by atoms with van der Waals surface area (Å²) < 4.78 is 12.8. The van der Waals surface area contributed by atoms with Crippen LogP contribution in [0.4, 0.5) is 4.39 Å². The minimum Gasteiger partial charge on any atom is -0.349 e. The van der Waals surface area contributed by atoms with Crippen molar-refractivity contribution < 1.29 is 14.0 Å². The average Bonchev–Trinajstić information content (AvgIpc) is 2.47. The molecule has 2 rings (SSSR count). The fourth-order valence-corrected chi connectivity index (χ4v) is 2.53. The molecule has 1 aliphatic heterocycles. The van der Waals surface area contributed by atoms with Crippen LogP contribution in [0.5, 0.6) is 0 Å². The molecule has 0 spiro atoms. The van der Waals surface area contributed by atoms with E-state index in [1.54, 1.807) is 4.90 Å². The Morgan fingerprint density at radius 1 is 1.19 bits per heavy atom. The van der Waals surface area contributed by atoms with Crippen molar-refractivity contribution in [3.8, 4) is 0 Å². The Bertz CT molecular complexity index is 514. The molecule has 4 nitrogen and oxygen atoms in total. The lowest BCUT2D eigenvalue weighted by Crippen LogP contribution is -2.47. The van der Waals surface area contributed by atoms with E-state index in [4.69, 9.17) is 23.2 Å². The fourth-order valence-electron chi connectivity index (χ4n) is 2.25. The van der Waals surface area contributed by atoms with Gasteiger partial charge in [-0.3, -0.25) is 9.59 Å². The summed E-state index contributed by atoms with van der Waals surface area (Å²) in [6.07, 6.45) is 1.28. The van der Waals surface area contributed by atoms with Crippen LogP contribution in [0.2, 0.25) is 0 Å². The molecule has 1 aliphatic rings. The van der Waals surface area contributed by atoms with Gasteiger partial charge in [0.05, 0.1) is 0 Å². The predicted octanol–water partition coefficient (Wildman–Crippen LogP) is 2.35. The molecular weight excluding hydrogens is 318 g/mol. The summed E-state index contributed by atoms with van der Waals surface area (Å²) in [5, 5.41) is 2.88. The van der Waals surface area contributed by atoms with Crippen LogP contribution in [0.3, 0.4) is 0 Å². The van der Waals surface area contributed by atoms with Gasteiger partial charge < -0.3 is 10.2 Å². The van der Waals surface area contributed by atoms with E-state index in [1.807, 2.05) is 0 Å². The summed E-state index contributed by atoms with van der Waals surface area (Å²) in [5.74, 6) is -0.927. The van der Waals surface area contributed by atoms with E-state index >= 15 is 0 Å². The number of hydrogen-bond donors (Lipinski definition) is 1. The third kappa shape index (κ3) is 4.32. The summed E-state index contributed by atoms with van der Waals surface area (Å²) in [5.41, 5.74) is 0.413. The molecule has 21 heavy (non-hydrogen) atoms. The number of halogens is 3. The first-order chi connectivity index (χ1) is 9.97. The molecular formula is C14H15Cl2FN2O2. The Balaban J connectivity index is 1.84. The van der Waals surface area contributed by atoms with Crippen LogP contribution in [-0.4, -0.2) is 40.7 Å². The average molecular weight is 333 g/mol. The zero-order valence-electron chi connectivity index (χ0n) is 11.2. The number of carbonyl (C=O) groups excluding carboxylic acids is 2. The van der Waals surface area contributed by atoms with E-state index < -0.39 is 4.84 Å². The smallest absolute Gasteiger partial charge is 0.255 e. The fraction of sp³-hybridized carbons (Fsp3) is 0.429. The third-order valence-corrected chi connectivity index (χ3v) is 3.81. The van der Waals surface area contributed by atoms with Gasteiger partial charge in [0, 0.05) is 24.7 Å². The standard InChI is InChI=1S/C14H15Cl2FN2O2/c15-12(16)14(21)19-7-5-11(6-8-19)18-13(20)9-1-3-10(17)4-2-9/h1-4,11-12H,5-8H2,(H,18,20). The zero-order valence-corrected chi connectivity index (χ0v) is 12.7. The number of amides is 2. The van der Waals surface area contributed by atoms with Crippen LogP contribution in [0.1, 0.15) is 23.2 Å². The highest BCUT2D eigenvalue weighted by atomic mass is 35.5. The van der Waals surface area contributed by atoms with Crippen molar-refractivity contribution in [2.24, 2.45) is 0 Å². The number of rotatable bonds is 3. The molecule has 1 fully saturated rings. The van der Waals surface area contributed by atoms with E-state index in [2.05, 4.69) is 5.32 Å². The van der Waals surface area contributed by atoms with Crippen molar-refractivity contribution in [3.63, 3.8) is 0 Å². The van der Waals surface area contributed by atoms with Gasteiger partial charge in [-0.25, -0.2) is 4.39 Å². The molecule has 0 aromatic heterocycles. The topological polar surface area (TPSA) is 49.4 Å². The molecule has 1 N–H and O–H groups in total. The number of benzene rings is 1. The van der Waals surface area contributed by atoms with Gasteiger partial charge >= 0.3 is 0 Å². The molecule has 2 amide bonds. The van der Waals surface area contributed by atoms with Crippen molar-refractivity contribution in [1.82, 2.24) is 10.2 Å². The van der Waals surface area contributed by atoms with E-state index in [0.29, 0.717) is 31.5 Å². The van der Waals surface area contributed by atoms with Gasteiger partial charge in [-0.05, 0) is 37.1 Å². The molecule has 114 valence electrons. The Hall–Kier alpha value is -1.33. The van der Waals surface area contributed by atoms with Crippen molar-refractivity contribution in [1.29, 1.82) is 0 Å². The van der Waals surface area contributed by atoms with Crippen molar-refractivity contribution in [2.75, 3.05) is 13.1 Å². The Kier molecular flexibility index (Phi) is 5.42. The van der Waals surface area contributed by atoms with Gasteiger partial charge in [0.25, 0.3) is 11.8 Å². The largest absolute Gasteiger partial charge is 0.349 e. The first-order valence-electron chi connectivity index (χ1n) is 6.60. The van der Waals surface area contributed by atoms with Crippen molar-refractivity contribution in [3.05, 3.63) is 35.6 Å². The SMILES string of the molecule is O=C(NC1CCN(C(=O)C(Cl)Cl)CC1)c1ccc(F)cc1. The quantitative estimate of drug-likeness (QED) is 0.864. The first-order valence-corrected chi connectivity index (χ1v) is 7.48. The minimum atomic E-state index is -1.05. The van der Waals surface area contributed by atoms with Gasteiger partial charge in [-0.15, -0.1) is 0 Å². The molecule has 1 heterocycles. The Morgan fingerprint density at radius 2 is 1.76 bits per heavy atom. The van der Waals surface area contributed by atoms with E-state index in [9.17, 15) is 14.0 Å². The summed E-state index contributed by atoms with van der Waals surface area (Å²) >= 11 is 11.1. The number of piperidine rings is 1. The molecule has 0 unspecified atom stereocenters. The van der Waals surface area contributed by atoms with Gasteiger partial charge in [-0.2, -0.15) is 0 Å². The molecule has 0 atom stereocenters. The molecule has 1 saturated heterocycles. The van der Waals surface area contributed by atoms with Gasteiger partial charge in [0.2, 0.25) is 0 Å². The molecule has 7 heteroatoms. The number of nitrogens with zero attached hydrogens (tertiary/aromatic N) is 1. The van der Waals surface area contributed by atoms with Crippen molar-refractivity contribution >= 4 is 35.0 Å². The zero-order chi connectivity index (χ0) is 15.4. The normalized spacial score (nSPS) is 16.1. The maximum Gasteiger partial charge on any atom is 0.255 e. The van der Waals surface area contributed by atoms with Crippen LogP contribution < -0.4 is 5.32 Å². The van der Waals surface area contributed by atoms with Crippen LogP contribution in [0.15, 0.2) is 24.3 Å². The highest BCUT2D eigenvalue weighted by Crippen LogP contribution is 2.15. The number of carbonyl (C=O) groups is 2. The maximum atomic E-state index is 12.8. The summed E-state index contributed by atoms with van der Waals surface area (Å²) in [4.78, 5) is 24.2. The van der Waals surface area contributed by atoms with Crippen molar-refractivity contribution in [2.45, 2.75) is 23.7 Å². The van der Waals surface area contributed by atoms with Crippen LogP contribution in [-0.2, 0) is 4.79 Å². The van der Waals surface area contributed by atoms with Crippen LogP contribution in [0.25, 0.3) is 0 Å². The van der Waals surface area contributed by atoms with E-state index in [0.717, 1.165) is 0 Å². The van der Waals surface area contributed by atoms with E-state index in [1.165, 1.54) is 24.3 Å². The lowest BCUT2D eigenvalue weighted by Gasteiger charge is -2.32. The summed E-state index contributed by atoms with van der Waals surface area (Å²) in [6, 6.07) is 5.36. The number of alkyl halides is 2. The Labute approximate surface area is 132 Å². The molecule has 0 radical (unpaired) electrons. The second kappa shape index (κ2) is 7.09. The van der Waals surface area contributed by atoms with Crippen LogP contribution >= 0.6 is 23.2 Å². The molecule has 1 aromatic carbocycles. The predicted molar refractivity (Wildman–Crippen MR) is 79.0 cm³/mol. The highest BCUT2D eigenvalue weighted by Gasteiger charge is 2.26. The lowest BCUT2D eigenvalue weighted by molar-refractivity contribution is -0.130.